The lowest BCUT2D eigenvalue weighted by Gasteiger charge is -2.12. The predicted molar refractivity (Wildman–Crippen MR) is 122 cm³/mol. The maximum absolute atomic E-state index is 12.3. The number of rotatable bonds is 6. The Balaban J connectivity index is 1.70. The number of allylic oxidation sites excluding steroid dienone is 1. The van der Waals surface area contributed by atoms with E-state index in [0.29, 0.717) is 17.1 Å². The summed E-state index contributed by atoms with van der Waals surface area (Å²) in [4.78, 5) is 14.4. The Bertz CT molecular complexity index is 1080. The van der Waals surface area contributed by atoms with Crippen molar-refractivity contribution in [2.75, 3.05) is 0 Å². The van der Waals surface area contributed by atoms with Crippen LogP contribution in [0, 0.1) is 13.8 Å². The predicted octanol–water partition coefficient (Wildman–Crippen LogP) is 8.70. The van der Waals surface area contributed by atoms with Gasteiger partial charge in [-0.15, -0.1) is 11.3 Å². The van der Waals surface area contributed by atoms with Crippen molar-refractivity contribution in [3.63, 3.8) is 0 Å². The molecule has 0 amide bonds. The maximum atomic E-state index is 12.3. The second-order valence-electron chi connectivity index (χ2n) is 6.02. The van der Waals surface area contributed by atoms with Gasteiger partial charge in [0, 0.05) is 15.3 Å². The molecule has 0 unspecified atom stereocenters. The average Bonchev–Trinajstić information content (AvgIpc) is 3.28. The Hall–Kier alpha value is -1.14. The number of hydrogen-bond acceptors (Lipinski definition) is 4. The standard InChI is InChI=1S/C20H13Cl5O3S/c1-9-7-13(10(2)29-9)14(26)6-5-11-3-4-12(28-11)8-27-20-18(24)16(22)15(21)17(23)19(20)25/h3-7H,8H2,1-2H3/b6-5+. The van der Waals surface area contributed by atoms with Gasteiger partial charge in [-0.25, -0.2) is 0 Å². The van der Waals surface area contributed by atoms with E-state index in [4.69, 9.17) is 67.2 Å². The minimum Gasteiger partial charge on any atom is -0.482 e. The lowest BCUT2D eigenvalue weighted by atomic mass is 10.1. The lowest BCUT2D eigenvalue weighted by molar-refractivity contribution is 0.104. The zero-order valence-corrected chi connectivity index (χ0v) is 19.7. The summed E-state index contributed by atoms with van der Waals surface area (Å²) >= 11 is 31.9. The topological polar surface area (TPSA) is 39.4 Å². The largest absolute Gasteiger partial charge is 0.482 e. The SMILES string of the molecule is Cc1cc(C(=O)/C=C/c2ccc(COc3c(Cl)c(Cl)c(Cl)c(Cl)c3Cl)o2)c(C)s1. The summed E-state index contributed by atoms with van der Waals surface area (Å²) in [6.07, 6.45) is 3.08. The van der Waals surface area contributed by atoms with Crippen LogP contribution < -0.4 is 4.74 Å². The number of ether oxygens (including phenoxy) is 1. The fraction of sp³-hybridized carbons (Fsp3) is 0.150. The molecular weight excluding hydrogens is 498 g/mol. The number of carbonyl (C=O) groups excluding carboxylic acids is 1. The highest BCUT2D eigenvalue weighted by Crippen LogP contribution is 2.48. The van der Waals surface area contributed by atoms with E-state index in [1.807, 2.05) is 19.9 Å². The van der Waals surface area contributed by atoms with E-state index in [-0.39, 0.29) is 43.3 Å². The van der Waals surface area contributed by atoms with Gasteiger partial charge < -0.3 is 9.15 Å². The summed E-state index contributed by atoms with van der Waals surface area (Å²) in [6, 6.07) is 5.31. The molecule has 0 aliphatic carbocycles. The summed E-state index contributed by atoms with van der Waals surface area (Å²) in [7, 11) is 0. The molecule has 152 valence electrons. The number of benzene rings is 1. The highest BCUT2D eigenvalue weighted by molar-refractivity contribution is 7.12. The molecule has 29 heavy (non-hydrogen) atoms. The first-order valence-electron chi connectivity index (χ1n) is 8.21. The first kappa shape index (κ1) is 22.5. The van der Waals surface area contributed by atoms with Crippen molar-refractivity contribution in [3.8, 4) is 5.75 Å². The van der Waals surface area contributed by atoms with Gasteiger partial charge in [-0.3, -0.25) is 4.79 Å². The number of aryl methyl sites for hydroxylation is 2. The number of thiophene rings is 1. The fourth-order valence-electron chi connectivity index (χ4n) is 2.54. The number of ketones is 1. The third-order valence-corrected chi connectivity index (χ3v) is 7.12. The van der Waals surface area contributed by atoms with Gasteiger partial charge in [0.2, 0.25) is 0 Å². The molecule has 2 aromatic heterocycles. The summed E-state index contributed by atoms with van der Waals surface area (Å²) in [5.74, 6) is 1.03. The van der Waals surface area contributed by atoms with Crippen LogP contribution in [0.5, 0.6) is 5.75 Å². The Morgan fingerprint density at radius 1 is 1.03 bits per heavy atom. The van der Waals surface area contributed by atoms with Gasteiger partial charge in [0.25, 0.3) is 0 Å². The fourth-order valence-corrected chi connectivity index (χ4v) is 4.70. The van der Waals surface area contributed by atoms with Crippen LogP contribution in [-0.2, 0) is 6.61 Å². The van der Waals surface area contributed by atoms with Crippen molar-refractivity contribution in [1.29, 1.82) is 0 Å². The van der Waals surface area contributed by atoms with E-state index in [9.17, 15) is 4.79 Å². The third-order valence-electron chi connectivity index (χ3n) is 3.92. The molecule has 9 heteroatoms. The van der Waals surface area contributed by atoms with Gasteiger partial charge in [0.05, 0.1) is 15.1 Å². The number of carbonyl (C=O) groups is 1. The minimum atomic E-state index is -0.0786. The van der Waals surface area contributed by atoms with Crippen molar-refractivity contribution in [1.82, 2.24) is 0 Å². The molecular formula is C20H13Cl5O3S. The number of furan rings is 1. The Kier molecular flexibility index (Phi) is 7.26. The van der Waals surface area contributed by atoms with Crippen molar-refractivity contribution < 1.29 is 13.9 Å². The van der Waals surface area contributed by atoms with Gasteiger partial charge in [-0.2, -0.15) is 0 Å². The molecule has 0 spiro atoms. The third kappa shape index (κ3) is 4.96. The first-order valence-corrected chi connectivity index (χ1v) is 10.9. The van der Waals surface area contributed by atoms with E-state index in [1.165, 1.54) is 6.08 Å². The van der Waals surface area contributed by atoms with Crippen LogP contribution in [0.1, 0.15) is 31.6 Å². The van der Waals surface area contributed by atoms with Gasteiger partial charge in [0.1, 0.15) is 28.2 Å². The zero-order chi connectivity index (χ0) is 21.3. The van der Waals surface area contributed by atoms with Crippen LogP contribution in [0.3, 0.4) is 0 Å². The Labute approximate surface area is 196 Å². The van der Waals surface area contributed by atoms with E-state index in [0.717, 1.165) is 9.75 Å². The lowest BCUT2D eigenvalue weighted by Crippen LogP contribution is -1.96. The second kappa shape index (κ2) is 9.34. The van der Waals surface area contributed by atoms with E-state index >= 15 is 0 Å². The van der Waals surface area contributed by atoms with Crippen molar-refractivity contribution in [3.05, 3.63) is 76.2 Å². The van der Waals surface area contributed by atoms with Crippen LogP contribution in [0.4, 0.5) is 0 Å². The number of halogens is 5. The minimum absolute atomic E-state index is 0.0261. The molecule has 2 heterocycles. The molecule has 0 N–H and O–H groups in total. The highest BCUT2D eigenvalue weighted by atomic mass is 35.5. The van der Waals surface area contributed by atoms with Crippen molar-refractivity contribution in [2.45, 2.75) is 20.5 Å². The molecule has 3 aromatic rings. The molecule has 3 nitrogen and oxygen atoms in total. The van der Waals surface area contributed by atoms with Crippen LogP contribution in [0.25, 0.3) is 6.08 Å². The molecule has 1 aromatic carbocycles. The summed E-state index contributed by atoms with van der Waals surface area (Å²) in [5.41, 5.74) is 0.694. The molecule has 0 aliphatic rings. The monoisotopic (exact) mass is 508 g/mol. The van der Waals surface area contributed by atoms with E-state index in [1.54, 1.807) is 29.5 Å². The van der Waals surface area contributed by atoms with Crippen LogP contribution >= 0.6 is 69.3 Å². The first-order chi connectivity index (χ1) is 13.7. The van der Waals surface area contributed by atoms with Gasteiger partial charge in [-0.05, 0) is 44.2 Å². The molecule has 0 saturated heterocycles. The van der Waals surface area contributed by atoms with Crippen molar-refractivity contribution >= 4 is 81.2 Å². The van der Waals surface area contributed by atoms with Crippen molar-refractivity contribution in [2.24, 2.45) is 0 Å². The molecule has 3 rings (SSSR count). The molecule has 0 aliphatic heterocycles. The van der Waals surface area contributed by atoms with Gasteiger partial charge in [0.15, 0.2) is 11.5 Å². The molecule has 0 atom stereocenters. The molecule has 0 bridgehead atoms. The van der Waals surface area contributed by atoms with E-state index in [2.05, 4.69) is 0 Å². The van der Waals surface area contributed by atoms with Crippen LogP contribution in [-0.4, -0.2) is 5.78 Å². The smallest absolute Gasteiger partial charge is 0.187 e. The summed E-state index contributed by atoms with van der Waals surface area (Å²) < 4.78 is 11.3. The summed E-state index contributed by atoms with van der Waals surface area (Å²) in [5, 5.41) is 0.285. The van der Waals surface area contributed by atoms with Gasteiger partial charge >= 0.3 is 0 Å². The molecule has 0 saturated carbocycles. The zero-order valence-electron chi connectivity index (χ0n) is 15.1. The van der Waals surface area contributed by atoms with Gasteiger partial charge in [-0.1, -0.05) is 58.0 Å². The molecule has 0 radical (unpaired) electrons. The van der Waals surface area contributed by atoms with Crippen LogP contribution in [0.2, 0.25) is 25.1 Å². The summed E-state index contributed by atoms with van der Waals surface area (Å²) in [6.45, 7) is 3.92. The quantitative estimate of drug-likeness (QED) is 0.144. The van der Waals surface area contributed by atoms with E-state index < -0.39 is 0 Å². The number of hydrogen-bond donors (Lipinski definition) is 0. The average molecular weight is 511 g/mol. The van der Waals surface area contributed by atoms with Crippen LogP contribution in [0.15, 0.2) is 28.7 Å². The second-order valence-corrected chi connectivity index (χ2v) is 9.37. The maximum Gasteiger partial charge on any atom is 0.187 e. The molecule has 0 fully saturated rings. The Morgan fingerprint density at radius 2 is 1.66 bits per heavy atom. The highest BCUT2D eigenvalue weighted by Gasteiger charge is 2.21. The Morgan fingerprint density at radius 3 is 2.24 bits per heavy atom. The normalized spacial score (nSPS) is 11.4.